The summed E-state index contributed by atoms with van der Waals surface area (Å²) in [6.07, 6.45) is 0.637. The van der Waals surface area contributed by atoms with E-state index in [9.17, 15) is 9.59 Å². The van der Waals surface area contributed by atoms with Gasteiger partial charge in [0.25, 0.3) is 0 Å². The lowest BCUT2D eigenvalue weighted by atomic mass is 9.99. The minimum absolute atomic E-state index is 0.0989. The van der Waals surface area contributed by atoms with E-state index in [1.807, 2.05) is 94.4 Å². The van der Waals surface area contributed by atoms with Gasteiger partial charge in [-0.2, -0.15) is 0 Å². The summed E-state index contributed by atoms with van der Waals surface area (Å²) in [6.45, 7) is 10.2. The van der Waals surface area contributed by atoms with Crippen molar-refractivity contribution in [3.63, 3.8) is 0 Å². The van der Waals surface area contributed by atoms with Crippen LogP contribution in [0.4, 0.5) is 0 Å². The number of halogens is 1. The molecule has 1 atom stereocenters. The first kappa shape index (κ1) is 26.5. The number of hydrogen-bond acceptors (Lipinski definition) is 2. The third-order valence-corrected chi connectivity index (χ3v) is 6.17. The molecule has 35 heavy (non-hydrogen) atoms. The van der Waals surface area contributed by atoms with Crippen molar-refractivity contribution in [1.82, 2.24) is 10.2 Å². The van der Waals surface area contributed by atoms with Crippen LogP contribution in [0.3, 0.4) is 0 Å². The van der Waals surface area contributed by atoms with Gasteiger partial charge in [0.15, 0.2) is 0 Å². The molecule has 0 aliphatic rings. The second kappa shape index (κ2) is 11.5. The third-order valence-electron chi connectivity index (χ3n) is 5.94. The maximum atomic E-state index is 13.8. The number of nitrogens with zero attached hydrogens (tertiary/aromatic N) is 1. The lowest BCUT2D eigenvalue weighted by Gasteiger charge is -2.34. The zero-order chi connectivity index (χ0) is 25.6. The minimum atomic E-state index is -0.672. The number of carbonyl (C=O) groups excluding carboxylic acids is 2. The fourth-order valence-corrected chi connectivity index (χ4v) is 4.24. The van der Waals surface area contributed by atoms with Crippen LogP contribution in [0.25, 0.3) is 0 Å². The molecule has 5 heteroatoms. The van der Waals surface area contributed by atoms with Crippen LogP contribution in [-0.2, 0) is 29.0 Å². The highest BCUT2D eigenvalue weighted by Crippen LogP contribution is 2.20. The number of carbonyl (C=O) groups is 2. The predicted octanol–water partition coefficient (Wildman–Crippen LogP) is 6.05. The van der Waals surface area contributed by atoms with Gasteiger partial charge in [0.2, 0.25) is 11.8 Å². The standard InChI is InChI=1S/C30H35ClN2O2/c1-21-14-15-24(16-22(21)2)19-28(34)33(20-25-12-9-13-26(31)17-25)27(29(35)32-30(3,4)5)18-23-10-7-6-8-11-23/h6-17,27H,18-20H2,1-5H3,(H,32,35)/t27-/m1/s1. The molecule has 4 nitrogen and oxygen atoms in total. The van der Waals surface area contributed by atoms with Gasteiger partial charge in [-0.1, -0.05) is 72.3 Å². The number of benzene rings is 3. The highest BCUT2D eigenvalue weighted by atomic mass is 35.5. The van der Waals surface area contributed by atoms with Crippen molar-refractivity contribution < 1.29 is 9.59 Å². The van der Waals surface area contributed by atoms with Gasteiger partial charge in [-0.15, -0.1) is 0 Å². The van der Waals surface area contributed by atoms with Crippen LogP contribution >= 0.6 is 11.6 Å². The zero-order valence-corrected chi connectivity index (χ0v) is 22.0. The third kappa shape index (κ3) is 7.97. The van der Waals surface area contributed by atoms with Crippen LogP contribution in [0.1, 0.15) is 48.6 Å². The molecule has 2 amide bonds. The number of nitrogens with one attached hydrogen (secondary N) is 1. The van der Waals surface area contributed by atoms with Gasteiger partial charge < -0.3 is 10.2 Å². The Bertz CT molecular complexity index is 1170. The smallest absolute Gasteiger partial charge is 0.243 e. The van der Waals surface area contributed by atoms with E-state index in [0.29, 0.717) is 18.0 Å². The molecule has 0 aliphatic carbocycles. The van der Waals surface area contributed by atoms with E-state index in [4.69, 9.17) is 11.6 Å². The summed E-state index contributed by atoms with van der Waals surface area (Å²) in [5.41, 5.74) is 4.71. The van der Waals surface area contributed by atoms with Gasteiger partial charge in [-0.3, -0.25) is 9.59 Å². The van der Waals surface area contributed by atoms with Crippen LogP contribution in [0.5, 0.6) is 0 Å². The van der Waals surface area contributed by atoms with Crippen molar-refractivity contribution in [1.29, 1.82) is 0 Å². The SMILES string of the molecule is Cc1ccc(CC(=O)N(Cc2cccc(Cl)c2)[C@H](Cc2ccccc2)C(=O)NC(C)(C)C)cc1C. The number of rotatable bonds is 8. The lowest BCUT2D eigenvalue weighted by molar-refractivity contribution is -0.141. The number of aryl methyl sites for hydroxylation is 2. The fourth-order valence-electron chi connectivity index (χ4n) is 4.03. The Labute approximate surface area is 214 Å². The Morgan fingerprint density at radius 2 is 1.54 bits per heavy atom. The van der Waals surface area contributed by atoms with E-state index >= 15 is 0 Å². The lowest BCUT2D eigenvalue weighted by Crippen LogP contribution is -2.54. The Balaban J connectivity index is 2.00. The van der Waals surface area contributed by atoms with Gasteiger partial charge in [-0.25, -0.2) is 0 Å². The average molecular weight is 491 g/mol. The molecular weight excluding hydrogens is 456 g/mol. The highest BCUT2D eigenvalue weighted by molar-refractivity contribution is 6.30. The maximum absolute atomic E-state index is 13.8. The van der Waals surface area contributed by atoms with E-state index in [0.717, 1.165) is 22.3 Å². The van der Waals surface area contributed by atoms with Crippen molar-refractivity contribution in [3.8, 4) is 0 Å². The molecule has 184 valence electrons. The van der Waals surface area contributed by atoms with Gasteiger partial charge >= 0.3 is 0 Å². The first-order valence-electron chi connectivity index (χ1n) is 12.0. The Morgan fingerprint density at radius 3 is 2.17 bits per heavy atom. The van der Waals surface area contributed by atoms with Gasteiger partial charge in [0.05, 0.1) is 6.42 Å². The molecule has 3 rings (SSSR count). The predicted molar refractivity (Wildman–Crippen MR) is 143 cm³/mol. The molecule has 0 bridgehead atoms. The maximum Gasteiger partial charge on any atom is 0.243 e. The van der Waals surface area contributed by atoms with E-state index in [1.54, 1.807) is 11.0 Å². The van der Waals surface area contributed by atoms with Gasteiger partial charge in [0.1, 0.15) is 6.04 Å². The highest BCUT2D eigenvalue weighted by Gasteiger charge is 2.32. The average Bonchev–Trinajstić information content (AvgIpc) is 2.78. The summed E-state index contributed by atoms with van der Waals surface area (Å²) in [5.74, 6) is -0.268. The molecular formula is C30H35ClN2O2. The summed E-state index contributed by atoms with van der Waals surface area (Å²) >= 11 is 6.25. The summed E-state index contributed by atoms with van der Waals surface area (Å²) in [4.78, 5) is 29.1. The molecule has 0 saturated heterocycles. The van der Waals surface area contributed by atoms with Crippen molar-refractivity contribution >= 4 is 23.4 Å². The molecule has 1 N–H and O–H groups in total. The molecule has 0 saturated carbocycles. The minimum Gasteiger partial charge on any atom is -0.350 e. The second-order valence-corrected chi connectivity index (χ2v) is 10.6. The molecule has 0 aliphatic heterocycles. The van der Waals surface area contributed by atoms with Gasteiger partial charge in [-0.05, 0) is 74.6 Å². The largest absolute Gasteiger partial charge is 0.350 e. The molecule has 0 spiro atoms. The van der Waals surface area contributed by atoms with Crippen LogP contribution in [0, 0.1) is 13.8 Å². The second-order valence-electron chi connectivity index (χ2n) is 10.2. The number of hydrogen-bond donors (Lipinski definition) is 1. The summed E-state index contributed by atoms with van der Waals surface area (Å²) in [6, 6.07) is 22.7. The quantitative estimate of drug-likeness (QED) is 0.417. The van der Waals surface area contributed by atoms with Crippen molar-refractivity contribution in [2.45, 2.75) is 65.6 Å². The van der Waals surface area contributed by atoms with Crippen LogP contribution in [-0.4, -0.2) is 28.3 Å². The molecule has 3 aromatic rings. The zero-order valence-electron chi connectivity index (χ0n) is 21.3. The van der Waals surface area contributed by atoms with Crippen LogP contribution < -0.4 is 5.32 Å². The van der Waals surface area contributed by atoms with Crippen LogP contribution in [0.2, 0.25) is 5.02 Å². The van der Waals surface area contributed by atoms with Crippen LogP contribution in [0.15, 0.2) is 72.8 Å². The fraction of sp³-hybridized carbons (Fsp3) is 0.333. The first-order valence-corrected chi connectivity index (χ1v) is 12.4. The van der Waals surface area contributed by atoms with E-state index in [1.165, 1.54) is 5.56 Å². The van der Waals surface area contributed by atoms with Gasteiger partial charge in [0, 0.05) is 23.5 Å². The number of amides is 2. The van der Waals surface area contributed by atoms with E-state index in [-0.39, 0.29) is 18.2 Å². The van der Waals surface area contributed by atoms with Crippen molar-refractivity contribution in [2.24, 2.45) is 0 Å². The molecule has 0 fully saturated rings. The monoisotopic (exact) mass is 490 g/mol. The summed E-state index contributed by atoms with van der Waals surface area (Å²) in [7, 11) is 0. The van der Waals surface area contributed by atoms with Crippen molar-refractivity contribution in [3.05, 3.63) is 106 Å². The normalized spacial score (nSPS) is 12.2. The molecule has 0 radical (unpaired) electrons. The molecule has 0 unspecified atom stereocenters. The Kier molecular flexibility index (Phi) is 8.74. The van der Waals surface area contributed by atoms with Crippen molar-refractivity contribution in [2.75, 3.05) is 0 Å². The molecule has 0 aromatic heterocycles. The first-order chi connectivity index (χ1) is 16.5. The molecule has 3 aromatic carbocycles. The topological polar surface area (TPSA) is 49.4 Å². The molecule has 0 heterocycles. The Hall–Kier alpha value is -3.11. The summed E-state index contributed by atoms with van der Waals surface area (Å²) < 4.78 is 0. The summed E-state index contributed by atoms with van der Waals surface area (Å²) in [5, 5.41) is 3.69. The van der Waals surface area contributed by atoms with E-state index < -0.39 is 11.6 Å². The Morgan fingerprint density at radius 1 is 0.857 bits per heavy atom. The van der Waals surface area contributed by atoms with E-state index in [2.05, 4.69) is 12.2 Å².